The van der Waals surface area contributed by atoms with Crippen LogP contribution < -0.4 is 20.5 Å². The fourth-order valence-corrected chi connectivity index (χ4v) is 4.14. The zero-order chi connectivity index (χ0) is 28.4. The number of benzene rings is 2. The van der Waals surface area contributed by atoms with Gasteiger partial charge < -0.3 is 30.7 Å². The Morgan fingerprint density at radius 1 is 1.05 bits per heavy atom. The Morgan fingerprint density at radius 3 is 2.24 bits per heavy atom. The number of aromatic nitrogens is 1. The molecule has 0 aliphatic heterocycles. The van der Waals surface area contributed by atoms with Crippen molar-refractivity contribution in [3.63, 3.8) is 0 Å². The zero-order valence-corrected chi connectivity index (χ0v) is 23.3. The molecule has 3 rings (SSSR count). The molecule has 206 valence electrons. The number of hydrogen-bond donors (Lipinski definition) is 4. The Balaban J connectivity index is 0.000000550. The van der Waals surface area contributed by atoms with E-state index in [1.54, 1.807) is 20.3 Å². The van der Waals surface area contributed by atoms with Crippen LogP contribution in [0, 0.1) is 6.92 Å². The number of methoxy groups -OCH3 is 2. The van der Waals surface area contributed by atoms with Crippen molar-refractivity contribution in [2.45, 2.75) is 45.6 Å². The van der Waals surface area contributed by atoms with E-state index in [0.29, 0.717) is 22.5 Å². The topological polar surface area (TPSA) is 144 Å². The zero-order valence-electron chi connectivity index (χ0n) is 21.8. The van der Waals surface area contributed by atoms with Crippen molar-refractivity contribution in [1.29, 1.82) is 0 Å². The van der Waals surface area contributed by atoms with Gasteiger partial charge in [0.1, 0.15) is 5.75 Å². The highest BCUT2D eigenvalue weighted by Crippen LogP contribution is 2.44. The normalized spacial score (nSPS) is 11.3. The molecule has 0 radical (unpaired) electrons. The molecular weight excluding hydrogens is 533 g/mol. The molecule has 9 nitrogen and oxygen atoms in total. The van der Waals surface area contributed by atoms with Crippen molar-refractivity contribution in [1.82, 2.24) is 4.98 Å². The first-order valence-corrected chi connectivity index (χ1v) is 12.7. The largest absolute Gasteiger partial charge is 0.496 e. The van der Waals surface area contributed by atoms with Crippen LogP contribution in [0.15, 0.2) is 30.3 Å². The van der Waals surface area contributed by atoms with Crippen LogP contribution in [0.1, 0.15) is 38.2 Å². The van der Waals surface area contributed by atoms with Gasteiger partial charge in [0.2, 0.25) is 5.88 Å². The first kappa shape index (κ1) is 31.0. The number of ether oxygens (including phenoxy) is 2. The Labute approximate surface area is 231 Å². The van der Waals surface area contributed by atoms with Crippen LogP contribution in [0.2, 0.25) is 10.0 Å². The highest BCUT2D eigenvalue weighted by molar-refractivity contribution is 6.42. The van der Waals surface area contributed by atoms with Gasteiger partial charge in [0.15, 0.2) is 0 Å². The van der Waals surface area contributed by atoms with Gasteiger partial charge in [-0.15, -0.1) is 0 Å². The number of anilines is 1. The Morgan fingerprint density at radius 2 is 1.71 bits per heavy atom. The summed E-state index contributed by atoms with van der Waals surface area (Å²) in [7, 11) is 3.28. The van der Waals surface area contributed by atoms with Crippen LogP contribution in [-0.4, -0.2) is 53.9 Å². The van der Waals surface area contributed by atoms with Crippen molar-refractivity contribution in [3.8, 4) is 22.8 Å². The van der Waals surface area contributed by atoms with Crippen LogP contribution in [0.4, 0.5) is 5.69 Å². The molecule has 38 heavy (non-hydrogen) atoms. The molecule has 1 aromatic heterocycles. The van der Waals surface area contributed by atoms with Gasteiger partial charge in [-0.05, 0) is 56.5 Å². The summed E-state index contributed by atoms with van der Waals surface area (Å²) in [6.07, 6.45) is 1.31. The maximum atomic E-state index is 9.64. The third kappa shape index (κ3) is 8.37. The number of nitrogens with zero attached hydrogens (tertiary/aromatic N) is 1. The first-order valence-electron chi connectivity index (χ1n) is 11.9. The van der Waals surface area contributed by atoms with E-state index < -0.39 is 11.9 Å². The minimum Gasteiger partial charge on any atom is -0.496 e. The van der Waals surface area contributed by atoms with Gasteiger partial charge in [0, 0.05) is 29.1 Å². The number of fused-ring (bicyclic) bond motifs is 1. The molecule has 11 heteroatoms. The lowest BCUT2D eigenvalue weighted by Crippen LogP contribution is -2.17. The van der Waals surface area contributed by atoms with Crippen LogP contribution in [0.5, 0.6) is 11.6 Å². The maximum Gasteiger partial charge on any atom is 0.303 e. The third-order valence-corrected chi connectivity index (χ3v) is 6.39. The molecular formula is C27H33Cl2N3O6. The van der Waals surface area contributed by atoms with Crippen molar-refractivity contribution in [3.05, 3.63) is 45.9 Å². The quantitative estimate of drug-likeness (QED) is 0.219. The number of aliphatic carboxylic acids is 2. The molecule has 2 aromatic carbocycles. The number of nitrogens with two attached hydrogens (primary N) is 1. The molecule has 0 aliphatic carbocycles. The molecule has 0 fully saturated rings. The molecule has 0 amide bonds. The number of halogens is 2. The lowest BCUT2D eigenvalue weighted by Gasteiger charge is -2.21. The van der Waals surface area contributed by atoms with Gasteiger partial charge in [-0.2, -0.15) is 0 Å². The van der Waals surface area contributed by atoms with Gasteiger partial charge in [0.05, 0.1) is 48.3 Å². The number of carboxylic acid groups (broad SMARTS) is 2. The van der Waals surface area contributed by atoms with Gasteiger partial charge in [0.25, 0.3) is 0 Å². The number of pyridine rings is 1. The summed E-state index contributed by atoms with van der Waals surface area (Å²) >= 11 is 12.5. The smallest absolute Gasteiger partial charge is 0.303 e. The number of nitrogens with one attached hydrogen (secondary N) is 1. The second kappa shape index (κ2) is 14.6. The second-order valence-electron chi connectivity index (χ2n) is 8.60. The standard InChI is InChI=1S/C23H27Cl2N3O2.C4H6O4/c1-13-10-20(30-4)28-23-18(27-14(2)6-5-9-26)12-19(29-3)22(21(13)23)15-7-8-16(24)17(25)11-15;5-3(6)1-2-4(7)8/h7-8,10-12,14,27H,5-6,9,26H2,1-4H3;1-2H2,(H,5,6)(H,7,8). The predicted octanol–water partition coefficient (Wildman–Crippen LogP) is 6.01. The van der Waals surface area contributed by atoms with E-state index in [9.17, 15) is 9.59 Å². The molecule has 0 bridgehead atoms. The van der Waals surface area contributed by atoms with Crippen molar-refractivity contribution in [2.24, 2.45) is 5.73 Å². The minimum atomic E-state index is -1.08. The fraction of sp³-hybridized carbons (Fsp3) is 0.370. The van der Waals surface area contributed by atoms with Crippen LogP contribution in [0.3, 0.4) is 0 Å². The highest BCUT2D eigenvalue weighted by Gasteiger charge is 2.20. The molecule has 1 heterocycles. The summed E-state index contributed by atoms with van der Waals surface area (Å²) in [5.74, 6) is -0.868. The summed E-state index contributed by atoms with van der Waals surface area (Å²) in [5, 5.41) is 21.3. The molecule has 0 saturated carbocycles. The second-order valence-corrected chi connectivity index (χ2v) is 9.41. The van der Waals surface area contributed by atoms with E-state index in [0.717, 1.165) is 51.9 Å². The van der Waals surface area contributed by atoms with E-state index in [2.05, 4.69) is 12.2 Å². The van der Waals surface area contributed by atoms with Gasteiger partial charge in [-0.1, -0.05) is 29.3 Å². The molecule has 0 aliphatic rings. The third-order valence-electron chi connectivity index (χ3n) is 5.65. The first-order chi connectivity index (χ1) is 18.0. The summed E-state index contributed by atoms with van der Waals surface area (Å²) in [6.45, 7) is 4.83. The number of aryl methyl sites for hydroxylation is 1. The Kier molecular flexibility index (Phi) is 11.9. The lowest BCUT2D eigenvalue weighted by molar-refractivity contribution is -0.143. The number of rotatable bonds is 11. The van der Waals surface area contributed by atoms with Crippen LogP contribution in [0.25, 0.3) is 22.0 Å². The molecule has 3 aromatic rings. The number of hydrogen-bond acceptors (Lipinski definition) is 7. The molecule has 1 atom stereocenters. The van der Waals surface area contributed by atoms with Gasteiger partial charge >= 0.3 is 11.9 Å². The van der Waals surface area contributed by atoms with E-state index in [1.165, 1.54) is 0 Å². The number of carbonyl (C=O) groups is 2. The monoisotopic (exact) mass is 565 g/mol. The minimum absolute atomic E-state index is 0.227. The molecule has 1 unspecified atom stereocenters. The maximum absolute atomic E-state index is 9.64. The SMILES string of the molecule is COc1cc(C)c2c(-c3ccc(Cl)c(Cl)c3)c(OC)cc(NC(C)CCCN)c2n1.O=C(O)CCC(=O)O. The van der Waals surface area contributed by atoms with E-state index in [-0.39, 0.29) is 18.9 Å². The highest BCUT2D eigenvalue weighted by atomic mass is 35.5. The van der Waals surface area contributed by atoms with Gasteiger partial charge in [-0.25, -0.2) is 4.98 Å². The van der Waals surface area contributed by atoms with E-state index in [1.807, 2.05) is 31.2 Å². The van der Waals surface area contributed by atoms with E-state index in [4.69, 9.17) is 53.6 Å². The summed E-state index contributed by atoms with van der Waals surface area (Å²) < 4.78 is 11.2. The lowest BCUT2D eigenvalue weighted by atomic mass is 9.95. The predicted molar refractivity (Wildman–Crippen MR) is 151 cm³/mol. The van der Waals surface area contributed by atoms with Crippen LogP contribution >= 0.6 is 23.2 Å². The molecule has 5 N–H and O–H groups in total. The van der Waals surface area contributed by atoms with Gasteiger partial charge in [-0.3, -0.25) is 9.59 Å². The van der Waals surface area contributed by atoms with Crippen molar-refractivity contribution in [2.75, 3.05) is 26.1 Å². The fourth-order valence-electron chi connectivity index (χ4n) is 3.84. The molecule has 0 saturated heterocycles. The summed E-state index contributed by atoms with van der Waals surface area (Å²) in [4.78, 5) is 24.0. The average Bonchev–Trinajstić information content (AvgIpc) is 2.88. The van der Waals surface area contributed by atoms with Crippen LogP contribution in [-0.2, 0) is 9.59 Å². The Hall–Kier alpha value is -3.27. The molecule has 0 spiro atoms. The van der Waals surface area contributed by atoms with Crippen molar-refractivity contribution < 1.29 is 29.3 Å². The average molecular weight is 566 g/mol. The van der Waals surface area contributed by atoms with Crippen molar-refractivity contribution >= 4 is 51.7 Å². The number of carboxylic acids is 2. The summed E-state index contributed by atoms with van der Waals surface area (Å²) in [5.41, 5.74) is 10.2. The Bertz CT molecular complexity index is 1270. The summed E-state index contributed by atoms with van der Waals surface area (Å²) in [6, 6.07) is 9.70. The van der Waals surface area contributed by atoms with E-state index >= 15 is 0 Å².